The predicted octanol–water partition coefficient (Wildman–Crippen LogP) is 3.38. The summed E-state index contributed by atoms with van der Waals surface area (Å²) in [5, 5.41) is 4.16. The minimum Gasteiger partial charge on any atom is -0.481 e. The van der Waals surface area contributed by atoms with Crippen LogP contribution in [0.15, 0.2) is 36.5 Å². The first-order valence-electron chi connectivity index (χ1n) is 8.65. The third kappa shape index (κ3) is 3.09. The fourth-order valence-corrected chi connectivity index (χ4v) is 3.50. The maximum Gasteiger partial charge on any atom is 0.251 e. The molecule has 0 atom stereocenters. The van der Waals surface area contributed by atoms with E-state index < -0.39 is 0 Å². The monoisotopic (exact) mass is 335 g/mol. The number of rotatable bonds is 4. The third-order valence-corrected chi connectivity index (χ3v) is 4.82. The fraction of sp³-hybridized carbons (Fsp3) is 0.300. The molecule has 1 aliphatic rings. The summed E-state index contributed by atoms with van der Waals surface area (Å²) in [7, 11) is 1.58. The van der Waals surface area contributed by atoms with E-state index in [0.29, 0.717) is 18.0 Å². The number of aromatic nitrogens is 2. The fourth-order valence-electron chi connectivity index (χ4n) is 3.50. The van der Waals surface area contributed by atoms with Crippen molar-refractivity contribution >= 4 is 16.8 Å². The Hall–Kier alpha value is -2.82. The number of ether oxygens (including phenoxy) is 1. The van der Waals surface area contributed by atoms with E-state index in [1.54, 1.807) is 13.3 Å². The van der Waals surface area contributed by atoms with E-state index in [9.17, 15) is 4.79 Å². The summed E-state index contributed by atoms with van der Waals surface area (Å²) >= 11 is 0. The quantitative estimate of drug-likeness (QED) is 0.768. The molecule has 2 heterocycles. The Morgan fingerprint density at radius 2 is 2.12 bits per heavy atom. The molecular formula is C20H21N3O2. The molecule has 0 bridgehead atoms. The molecule has 4 rings (SSSR count). The largest absolute Gasteiger partial charge is 0.481 e. The lowest BCUT2D eigenvalue weighted by molar-refractivity contribution is 0.0951. The molecule has 0 radical (unpaired) electrons. The van der Waals surface area contributed by atoms with Gasteiger partial charge in [-0.05, 0) is 61.1 Å². The maximum absolute atomic E-state index is 12.5. The second-order valence-corrected chi connectivity index (χ2v) is 6.44. The van der Waals surface area contributed by atoms with Gasteiger partial charge in [-0.2, -0.15) is 0 Å². The molecule has 0 aliphatic heterocycles. The second-order valence-electron chi connectivity index (χ2n) is 6.44. The molecule has 3 aromatic rings. The highest BCUT2D eigenvalue weighted by molar-refractivity contribution is 5.99. The van der Waals surface area contributed by atoms with Crippen LogP contribution in [0.4, 0.5) is 0 Å². The zero-order valence-corrected chi connectivity index (χ0v) is 14.3. The van der Waals surface area contributed by atoms with Gasteiger partial charge in [0.2, 0.25) is 5.88 Å². The molecule has 1 amide bonds. The van der Waals surface area contributed by atoms with Crippen LogP contribution in [0.25, 0.3) is 10.9 Å². The van der Waals surface area contributed by atoms with Crippen molar-refractivity contribution in [2.45, 2.75) is 32.2 Å². The van der Waals surface area contributed by atoms with Crippen molar-refractivity contribution in [3.63, 3.8) is 0 Å². The van der Waals surface area contributed by atoms with E-state index in [-0.39, 0.29) is 5.91 Å². The number of nitrogens with zero attached hydrogens (tertiary/aromatic N) is 1. The molecule has 0 spiro atoms. The van der Waals surface area contributed by atoms with Crippen LogP contribution < -0.4 is 10.1 Å². The van der Waals surface area contributed by atoms with Gasteiger partial charge < -0.3 is 15.0 Å². The third-order valence-electron chi connectivity index (χ3n) is 4.82. The highest BCUT2D eigenvalue weighted by atomic mass is 16.5. The molecule has 2 N–H and O–H groups in total. The highest BCUT2D eigenvalue weighted by Gasteiger charge is 2.16. The number of nitrogens with one attached hydrogen (secondary N) is 2. The van der Waals surface area contributed by atoms with Gasteiger partial charge in [-0.25, -0.2) is 4.98 Å². The zero-order valence-electron chi connectivity index (χ0n) is 14.3. The number of amides is 1. The molecule has 128 valence electrons. The lowest BCUT2D eigenvalue weighted by Crippen LogP contribution is -2.22. The Balaban J connectivity index is 1.53. The van der Waals surface area contributed by atoms with Gasteiger partial charge in [0.05, 0.1) is 7.11 Å². The van der Waals surface area contributed by atoms with Gasteiger partial charge in [0.1, 0.15) is 0 Å². The standard InChI is InChI=1S/C20H21N3O2/c1-25-19-10-13(8-9-21-19)12-22-20(24)14-6-7-18-16(11-14)15-4-2-3-5-17(15)23-18/h6-11,23H,2-5,12H2,1H3,(H,22,24). The second kappa shape index (κ2) is 6.59. The number of H-pyrrole nitrogens is 1. The van der Waals surface area contributed by atoms with Crippen LogP contribution in [0, 0.1) is 0 Å². The average Bonchev–Trinajstić information content (AvgIpc) is 3.04. The topological polar surface area (TPSA) is 67.0 Å². The number of benzene rings is 1. The molecule has 0 unspecified atom stereocenters. The Morgan fingerprint density at radius 3 is 3.00 bits per heavy atom. The van der Waals surface area contributed by atoms with E-state index in [0.717, 1.165) is 23.9 Å². The molecule has 1 aliphatic carbocycles. The Bertz CT molecular complexity index is 930. The highest BCUT2D eigenvalue weighted by Crippen LogP contribution is 2.29. The van der Waals surface area contributed by atoms with Gasteiger partial charge in [0.25, 0.3) is 5.91 Å². The van der Waals surface area contributed by atoms with Crippen LogP contribution in [0.5, 0.6) is 5.88 Å². The number of hydrogen-bond acceptors (Lipinski definition) is 3. The van der Waals surface area contributed by atoms with Gasteiger partial charge in [-0.3, -0.25) is 4.79 Å². The summed E-state index contributed by atoms with van der Waals surface area (Å²) in [6.07, 6.45) is 6.34. The molecule has 0 fully saturated rings. The van der Waals surface area contributed by atoms with Crippen molar-refractivity contribution < 1.29 is 9.53 Å². The number of aromatic amines is 1. The molecule has 1 aromatic carbocycles. The van der Waals surface area contributed by atoms with Crippen LogP contribution in [-0.2, 0) is 19.4 Å². The summed E-state index contributed by atoms with van der Waals surface area (Å²) in [5.74, 6) is 0.482. The number of fused-ring (bicyclic) bond motifs is 3. The Morgan fingerprint density at radius 1 is 1.24 bits per heavy atom. The van der Waals surface area contributed by atoms with E-state index in [2.05, 4.69) is 15.3 Å². The van der Waals surface area contributed by atoms with Crippen molar-refractivity contribution in [1.29, 1.82) is 0 Å². The first-order chi connectivity index (χ1) is 12.2. The van der Waals surface area contributed by atoms with Crippen LogP contribution in [0.2, 0.25) is 0 Å². The molecule has 0 saturated heterocycles. The van der Waals surface area contributed by atoms with Gasteiger partial charge in [-0.15, -0.1) is 0 Å². The number of methoxy groups -OCH3 is 1. The van der Waals surface area contributed by atoms with E-state index in [1.165, 1.54) is 29.5 Å². The van der Waals surface area contributed by atoms with Crippen molar-refractivity contribution in [2.24, 2.45) is 0 Å². The van der Waals surface area contributed by atoms with E-state index in [1.807, 2.05) is 30.3 Å². The number of pyridine rings is 1. The SMILES string of the molecule is COc1cc(CNC(=O)c2ccc3[nH]c4c(c3c2)CCCC4)ccn1. The van der Waals surface area contributed by atoms with Gasteiger partial charge >= 0.3 is 0 Å². The summed E-state index contributed by atoms with van der Waals surface area (Å²) in [5.41, 5.74) is 5.50. The Kier molecular flexibility index (Phi) is 4.14. The van der Waals surface area contributed by atoms with Gasteiger partial charge in [0, 0.05) is 41.0 Å². The van der Waals surface area contributed by atoms with Crippen molar-refractivity contribution in [3.05, 3.63) is 58.9 Å². The van der Waals surface area contributed by atoms with Crippen LogP contribution >= 0.6 is 0 Å². The summed E-state index contributed by atoms with van der Waals surface area (Å²) < 4.78 is 5.11. The van der Waals surface area contributed by atoms with Crippen molar-refractivity contribution in [3.8, 4) is 5.88 Å². The summed E-state index contributed by atoms with van der Waals surface area (Å²) in [6, 6.07) is 9.60. The molecule has 5 nitrogen and oxygen atoms in total. The normalized spacial score (nSPS) is 13.5. The smallest absolute Gasteiger partial charge is 0.251 e. The Labute approximate surface area is 146 Å². The number of hydrogen-bond donors (Lipinski definition) is 2. The van der Waals surface area contributed by atoms with Gasteiger partial charge in [0.15, 0.2) is 0 Å². The summed E-state index contributed by atoms with van der Waals surface area (Å²) in [6.45, 7) is 0.445. The van der Waals surface area contributed by atoms with Crippen molar-refractivity contribution in [2.75, 3.05) is 7.11 Å². The summed E-state index contributed by atoms with van der Waals surface area (Å²) in [4.78, 5) is 20.1. The van der Waals surface area contributed by atoms with Crippen LogP contribution in [-0.4, -0.2) is 23.0 Å². The van der Waals surface area contributed by atoms with Crippen LogP contribution in [0.1, 0.15) is 40.0 Å². The molecule has 5 heteroatoms. The maximum atomic E-state index is 12.5. The van der Waals surface area contributed by atoms with Crippen LogP contribution in [0.3, 0.4) is 0 Å². The first kappa shape index (κ1) is 15.7. The average molecular weight is 335 g/mol. The zero-order chi connectivity index (χ0) is 17.2. The predicted molar refractivity (Wildman–Crippen MR) is 96.9 cm³/mol. The minimum atomic E-state index is -0.0663. The molecular weight excluding hydrogens is 314 g/mol. The van der Waals surface area contributed by atoms with Gasteiger partial charge in [-0.1, -0.05) is 0 Å². The van der Waals surface area contributed by atoms with E-state index in [4.69, 9.17) is 4.74 Å². The molecule has 0 saturated carbocycles. The number of carbonyl (C=O) groups excluding carboxylic acids is 1. The molecule has 25 heavy (non-hydrogen) atoms. The lowest BCUT2D eigenvalue weighted by atomic mass is 9.95. The first-order valence-corrected chi connectivity index (χ1v) is 8.65. The van der Waals surface area contributed by atoms with E-state index >= 15 is 0 Å². The molecule has 2 aromatic heterocycles. The number of carbonyl (C=O) groups is 1. The number of aryl methyl sites for hydroxylation is 2. The lowest BCUT2D eigenvalue weighted by Gasteiger charge is -2.10. The minimum absolute atomic E-state index is 0.0663. The van der Waals surface area contributed by atoms with Crippen molar-refractivity contribution in [1.82, 2.24) is 15.3 Å².